The minimum Gasteiger partial charge on any atom is -0.493 e. The maximum Gasteiger partial charge on any atom is 0.119 e. The van der Waals surface area contributed by atoms with Crippen molar-refractivity contribution in [3.8, 4) is 16.9 Å². The second-order valence-corrected chi connectivity index (χ2v) is 5.15. The van der Waals surface area contributed by atoms with Gasteiger partial charge in [-0.3, -0.25) is 0 Å². The Morgan fingerprint density at radius 1 is 1.00 bits per heavy atom. The van der Waals surface area contributed by atoms with Crippen molar-refractivity contribution in [2.75, 3.05) is 6.61 Å². The third-order valence-electron chi connectivity index (χ3n) is 3.40. The van der Waals surface area contributed by atoms with E-state index >= 15 is 0 Å². The van der Waals surface area contributed by atoms with Crippen molar-refractivity contribution in [3.63, 3.8) is 0 Å². The maximum atomic E-state index is 5.82. The molecule has 0 N–H and O–H groups in total. The molecule has 2 aromatic rings. The highest BCUT2D eigenvalue weighted by atomic mass is 16.5. The van der Waals surface area contributed by atoms with Crippen LogP contribution in [0.5, 0.6) is 5.75 Å². The Hall–Kier alpha value is -1.76. The molecule has 1 aliphatic rings. The van der Waals surface area contributed by atoms with Crippen LogP contribution in [0, 0.1) is 12.8 Å². The zero-order chi connectivity index (χ0) is 12.4. The molecule has 0 radical (unpaired) electrons. The number of ether oxygens (including phenoxy) is 1. The Kier molecular flexibility index (Phi) is 3.06. The minimum atomic E-state index is 0.799. The molecule has 0 saturated heterocycles. The van der Waals surface area contributed by atoms with Crippen LogP contribution in [-0.2, 0) is 0 Å². The van der Waals surface area contributed by atoms with Gasteiger partial charge in [-0.25, -0.2) is 0 Å². The van der Waals surface area contributed by atoms with Crippen molar-refractivity contribution >= 4 is 0 Å². The molecule has 1 saturated carbocycles. The molecule has 18 heavy (non-hydrogen) atoms. The average Bonchev–Trinajstić information content (AvgIpc) is 3.22. The summed E-state index contributed by atoms with van der Waals surface area (Å²) in [7, 11) is 0. The van der Waals surface area contributed by atoms with Crippen molar-refractivity contribution in [1.29, 1.82) is 0 Å². The lowest BCUT2D eigenvalue weighted by molar-refractivity contribution is 0.300. The molecule has 0 aliphatic heterocycles. The Balaban J connectivity index is 1.78. The van der Waals surface area contributed by atoms with Crippen LogP contribution in [0.2, 0.25) is 0 Å². The van der Waals surface area contributed by atoms with E-state index in [0.717, 1.165) is 18.3 Å². The normalized spacial score (nSPS) is 14.5. The van der Waals surface area contributed by atoms with Crippen molar-refractivity contribution < 1.29 is 4.74 Å². The molecule has 1 heteroatoms. The van der Waals surface area contributed by atoms with Gasteiger partial charge in [0.1, 0.15) is 5.75 Å². The van der Waals surface area contributed by atoms with Gasteiger partial charge in [-0.15, -0.1) is 0 Å². The van der Waals surface area contributed by atoms with Gasteiger partial charge in [0.15, 0.2) is 0 Å². The van der Waals surface area contributed by atoms with Crippen LogP contribution in [0.4, 0.5) is 0 Å². The number of benzene rings is 2. The molecule has 0 heterocycles. The van der Waals surface area contributed by atoms with Crippen molar-refractivity contribution in [3.05, 3.63) is 54.1 Å². The summed E-state index contributed by atoms with van der Waals surface area (Å²) in [5.74, 6) is 1.79. The van der Waals surface area contributed by atoms with E-state index in [-0.39, 0.29) is 0 Å². The van der Waals surface area contributed by atoms with E-state index in [9.17, 15) is 0 Å². The zero-order valence-electron chi connectivity index (χ0n) is 10.7. The first-order valence-electron chi connectivity index (χ1n) is 6.61. The quantitative estimate of drug-likeness (QED) is 0.764. The summed E-state index contributed by atoms with van der Waals surface area (Å²) in [6.07, 6.45) is 2.66. The van der Waals surface area contributed by atoms with Crippen LogP contribution in [0.15, 0.2) is 48.5 Å². The Morgan fingerprint density at radius 2 is 1.78 bits per heavy atom. The van der Waals surface area contributed by atoms with Crippen molar-refractivity contribution in [1.82, 2.24) is 0 Å². The molecule has 92 valence electrons. The van der Waals surface area contributed by atoms with Crippen LogP contribution < -0.4 is 4.74 Å². The topological polar surface area (TPSA) is 9.23 Å². The first-order chi connectivity index (χ1) is 8.81. The molecule has 0 atom stereocenters. The summed E-state index contributed by atoms with van der Waals surface area (Å²) in [6, 6.07) is 17.0. The van der Waals surface area contributed by atoms with Crippen LogP contribution in [0.25, 0.3) is 11.1 Å². The lowest BCUT2D eigenvalue weighted by Gasteiger charge is -2.08. The van der Waals surface area contributed by atoms with Crippen LogP contribution in [0.1, 0.15) is 18.4 Å². The van der Waals surface area contributed by atoms with Gasteiger partial charge in [0, 0.05) is 0 Å². The van der Waals surface area contributed by atoms with Crippen LogP contribution >= 0.6 is 0 Å². The van der Waals surface area contributed by atoms with Gasteiger partial charge < -0.3 is 4.74 Å². The summed E-state index contributed by atoms with van der Waals surface area (Å²) in [6.45, 7) is 2.98. The van der Waals surface area contributed by atoms with Gasteiger partial charge in [-0.05, 0) is 48.9 Å². The van der Waals surface area contributed by atoms with Gasteiger partial charge in [-0.2, -0.15) is 0 Å². The van der Waals surface area contributed by atoms with E-state index in [1.807, 2.05) is 6.07 Å². The van der Waals surface area contributed by atoms with Crippen molar-refractivity contribution in [2.24, 2.45) is 5.92 Å². The van der Waals surface area contributed by atoms with Gasteiger partial charge in [0.2, 0.25) is 0 Å². The highest BCUT2D eigenvalue weighted by Crippen LogP contribution is 2.30. The van der Waals surface area contributed by atoms with E-state index in [2.05, 4.69) is 49.4 Å². The molecular formula is C17H18O. The van der Waals surface area contributed by atoms with Gasteiger partial charge in [-0.1, -0.05) is 42.0 Å². The lowest BCUT2D eigenvalue weighted by atomic mass is 10.0. The third-order valence-corrected chi connectivity index (χ3v) is 3.40. The predicted molar refractivity (Wildman–Crippen MR) is 74.8 cm³/mol. The van der Waals surface area contributed by atoms with Gasteiger partial charge in [0.05, 0.1) is 6.61 Å². The van der Waals surface area contributed by atoms with Crippen LogP contribution in [-0.4, -0.2) is 6.61 Å². The standard InChI is InChI=1S/C17H18O/c1-13-5-9-15(10-6-13)16-3-2-4-17(11-16)18-12-14-7-8-14/h2-6,9-11,14H,7-8,12H2,1H3. The first kappa shape index (κ1) is 11.3. The Labute approximate surface area is 108 Å². The molecule has 0 amide bonds. The van der Waals surface area contributed by atoms with E-state index in [1.165, 1.54) is 29.5 Å². The number of aryl methyl sites for hydroxylation is 1. The minimum absolute atomic E-state index is 0.799. The molecule has 0 aromatic heterocycles. The number of rotatable bonds is 4. The molecule has 1 aliphatic carbocycles. The fraction of sp³-hybridized carbons (Fsp3) is 0.294. The van der Waals surface area contributed by atoms with Gasteiger partial charge >= 0.3 is 0 Å². The van der Waals surface area contributed by atoms with E-state index in [0.29, 0.717) is 0 Å². The largest absolute Gasteiger partial charge is 0.493 e. The molecule has 1 nitrogen and oxygen atoms in total. The molecule has 3 rings (SSSR count). The summed E-state index contributed by atoms with van der Waals surface area (Å²) in [5, 5.41) is 0. The Morgan fingerprint density at radius 3 is 2.50 bits per heavy atom. The average molecular weight is 238 g/mol. The fourth-order valence-corrected chi connectivity index (χ4v) is 2.01. The predicted octanol–water partition coefficient (Wildman–Crippen LogP) is 4.45. The maximum absolute atomic E-state index is 5.82. The lowest BCUT2D eigenvalue weighted by Crippen LogP contribution is -1.98. The van der Waals surface area contributed by atoms with E-state index in [1.54, 1.807) is 0 Å². The zero-order valence-corrected chi connectivity index (χ0v) is 10.7. The SMILES string of the molecule is Cc1ccc(-c2cccc(OCC3CC3)c2)cc1. The second-order valence-electron chi connectivity index (χ2n) is 5.15. The molecule has 0 spiro atoms. The Bertz CT molecular complexity index is 524. The summed E-state index contributed by atoms with van der Waals surface area (Å²) < 4.78 is 5.82. The monoisotopic (exact) mass is 238 g/mol. The summed E-state index contributed by atoms with van der Waals surface area (Å²) in [4.78, 5) is 0. The number of hydrogen-bond donors (Lipinski definition) is 0. The summed E-state index contributed by atoms with van der Waals surface area (Å²) >= 11 is 0. The van der Waals surface area contributed by atoms with E-state index < -0.39 is 0 Å². The molecule has 1 fully saturated rings. The third kappa shape index (κ3) is 2.73. The first-order valence-corrected chi connectivity index (χ1v) is 6.61. The fourth-order valence-electron chi connectivity index (χ4n) is 2.01. The second kappa shape index (κ2) is 4.85. The highest BCUT2D eigenvalue weighted by molar-refractivity contribution is 5.65. The van der Waals surface area contributed by atoms with E-state index in [4.69, 9.17) is 4.74 Å². The molecule has 2 aromatic carbocycles. The van der Waals surface area contributed by atoms with Crippen LogP contribution in [0.3, 0.4) is 0 Å². The highest BCUT2D eigenvalue weighted by Gasteiger charge is 2.21. The molecule has 0 unspecified atom stereocenters. The van der Waals surface area contributed by atoms with Crippen molar-refractivity contribution in [2.45, 2.75) is 19.8 Å². The molecular weight excluding hydrogens is 220 g/mol. The molecule has 0 bridgehead atoms. The number of hydrogen-bond acceptors (Lipinski definition) is 1. The summed E-state index contributed by atoms with van der Waals surface area (Å²) in [5.41, 5.74) is 3.76. The smallest absolute Gasteiger partial charge is 0.119 e. The van der Waals surface area contributed by atoms with Gasteiger partial charge in [0.25, 0.3) is 0 Å².